The van der Waals surface area contributed by atoms with Crippen LogP contribution in [0.3, 0.4) is 0 Å². The minimum Gasteiger partial charge on any atom is -0.483 e. The first-order chi connectivity index (χ1) is 15.3. The maximum absolute atomic E-state index is 13.6. The minimum atomic E-state index is -0.569. The van der Waals surface area contributed by atoms with Crippen LogP contribution in [0.2, 0.25) is 0 Å². The highest BCUT2D eigenvalue weighted by atomic mass is 32.1. The average molecular weight is 464 g/mol. The summed E-state index contributed by atoms with van der Waals surface area (Å²) in [5.74, 6) is -0.124. The van der Waals surface area contributed by atoms with E-state index in [2.05, 4.69) is 43.1 Å². The standard InChI is InChI=1S/C19H21F2NS.C5H8O.CH2O2/c1-3-17(11-19(23)14-6-4-13(2)5-7-14)22-12-15-8-9-16(20)10-18(15)21;6-4-5-2-1-3-5;2-1-3/h3-4,6-11,13,22-23H,5,12H2,1-2H3;4-5H,1-3H2;1H,(H,2,3)/b17-3-,19-11-;;. The molecule has 0 aliphatic heterocycles. The quantitative estimate of drug-likeness (QED) is 0.276. The summed E-state index contributed by atoms with van der Waals surface area (Å²) in [5, 5.41) is 10.0. The lowest BCUT2D eigenvalue weighted by Crippen LogP contribution is -2.13. The van der Waals surface area contributed by atoms with Crippen molar-refractivity contribution in [2.45, 2.75) is 46.1 Å². The minimum absolute atomic E-state index is 0.250. The van der Waals surface area contributed by atoms with E-state index >= 15 is 0 Å². The summed E-state index contributed by atoms with van der Waals surface area (Å²) in [4.78, 5) is 19.0. The van der Waals surface area contributed by atoms with Crippen LogP contribution >= 0.6 is 12.6 Å². The topological polar surface area (TPSA) is 66.4 Å². The molecular weight excluding hydrogens is 432 g/mol. The lowest BCUT2D eigenvalue weighted by molar-refractivity contribution is -0.122. The van der Waals surface area contributed by atoms with Crippen LogP contribution in [-0.2, 0) is 16.1 Å². The van der Waals surface area contributed by atoms with E-state index in [9.17, 15) is 13.6 Å². The van der Waals surface area contributed by atoms with Gasteiger partial charge in [0.05, 0.1) is 0 Å². The molecule has 0 heterocycles. The van der Waals surface area contributed by atoms with Crippen LogP contribution in [0.4, 0.5) is 8.78 Å². The molecule has 1 aromatic carbocycles. The number of thiol groups is 1. The summed E-state index contributed by atoms with van der Waals surface area (Å²) in [5.41, 5.74) is 2.35. The van der Waals surface area contributed by atoms with E-state index in [1.54, 1.807) is 0 Å². The van der Waals surface area contributed by atoms with Gasteiger partial charge in [-0.2, -0.15) is 0 Å². The Labute approximate surface area is 194 Å². The maximum atomic E-state index is 13.6. The van der Waals surface area contributed by atoms with Crippen LogP contribution in [0, 0.1) is 23.5 Å². The molecule has 0 saturated heterocycles. The van der Waals surface area contributed by atoms with Gasteiger partial charge in [-0.05, 0) is 49.8 Å². The monoisotopic (exact) mass is 463 g/mol. The number of rotatable bonds is 6. The summed E-state index contributed by atoms with van der Waals surface area (Å²) in [6.07, 6.45) is 15.8. The molecule has 1 saturated carbocycles. The Hall–Kier alpha value is -2.67. The largest absolute Gasteiger partial charge is 0.483 e. The Kier molecular flexibility index (Phi) is 13.0. The van der Waals surface area contributed by atoms with E-state index in [4.69, 9.17) is 9.90 Å². The van der Waals surface area contributed by atoms with Crippen molar-refractivity contribution in [3.63, 3.8) is 0 Å². The molecule has 174 valence electrons. The van der Waals surface area contributed by atoms with E-state index in [0.717, 1.165) is 47.8 Å². The molecule has 0 radical (unpaired) electrons. The average Bonchev–Trinajstić information content (AvgIpc) is 2.72. The highest BCUT2D eigenvalue weighted by Gasteiger charge is 2.14. The number of carbonyl (C=O) groups excluding carboxylic acids is 1. The molecule has 32 heavy (non-hydrogen) atoms. The zero-order chi connectivity index (χ0) is 23.9. The Morgan fingerprint density at radius 1 is 1.28 bits per heavy atom. The Balaban J connectivity index is 0.000000475. The number of carbonyl (C=O) groups is 2. The van der Waals surface area contributed by atoms with Crippen molar-refractivity contribution in [3.8, 4) is 0 Å². The lowest BCUT2D eigenvalue weighted by atomic mass is 9.87. The van der Waals surface area contributed by atoms with Gasteiger partial charge in [-0.3, -0.25) is 4.79 Å². The van der Waals surface area contributed by atoms with Gasteiger partial charge < -0.3 is 15.2 Å². The molecule has 1 aromatic rings. The van der Waals surface area contributed by atoms with Crippen LogP contribution < -0.4 is 5.32 Å². The summed E-state index contributed by atoms with van der Waals surface area (Å²) in [7, 11) is 0. The summed E-state index contributed by atoms with van der Waals surface area (Å²) >= 11 is 4.55. The molecule has 2 aliphatic carbocycles. The van der Waals surface area contributed by atoms with E-state index < -0.39 is 11.6 Å². The van der Waals surface area contributed by atoms with Crippen LogP contribution in [0.15, 0.2) is 64.8 Å². The molecule has 2 N–H and O–H groups in total. The Morgan fingerprint density at radius 3 is 2.41 bits per heavy atom. The van der Waals surface area contributed by atoms with Crippen LogP contribution in [0.5, 0.6) is 0 Å². The highest BCUT2D eigenvalue weighted by molar-refractivity contribution is 7.84. The normalized spacial score (nSPS) is 18.2. The molecule has 0 spiro atoms. The first-order valence-corrected chi connectivity index (χ1v) is 11.0. The van der Waals surface area contributed by atoms with E-state index in [-0.39, 0.29) is 13.0 Å². The molecule has 0 aromatic heterocycles. The first-order valence-electron chi connectivity index (χ1n) is 10.5. The SMILES string of the molecule is C/C=C(/C=C(\S)C1=CCC(C)C=C1)NCc1ccc(F)cc1F.O=CC1CCC1.O=CO. The van der Waals surface area contributed by atoms with Gasteiger partial charge in [0.15, 0.2) is 0 Å². The van der Waals surface area contributed by atoms with Crippen molar-refractivity contribution in [1.82, 2.24) is 5.32 Å². The molecule has 1 fully saturated rings. The van der Waals surface area contributed by atoms with Crippen molar-refractivity contribution in [2.24, 2.45) is 11.8 Å². The second-order valence-electron chi connectivity index (χ2n) is 7.53. The third kappa shape index (κ3) is 10.1. The van der Waals surface area contributed by atoms with Crippen molar-refractivity contribution < 1.29 is 23.5 Å². The molecule has 7 heteroatoms. The van der Waals surface area contributed by atoms with Gasteiger partial charge in [0.25, 0.3) is 6.47 Å². The molecule has 0 amide bonds. The van der Waals surface area contributed by atoms with Crippen molar-refractivity contribution >= 4 is 25.4 Å². The zero-order valence-corrected chi connectivity index (χ0v) is 19.3. The fraction of sp³-hybridized carbons (Fsp3) is 0.360. The van der Waals surface area contributed by atoms with Gasteiger partial charge in [0, 0.05) is 34.7 Å². The van der Waals surface area contributed by atoms with E-state index in [0.29, 0.717) is 17.4 Å². The van der Waals surface area contributed by atoms with Crippen LogP contribution in [0.1, 0.15) is 45.1 Å². The second kappa shape index (κ2) is 15.2. The summed E-state index contributed by atoms with van der Waals surface area (Å²) < 4.78 is 26.6. The molecule has 0 bridgehead atoms. The fourth-order valence-electron chi connectivity index (χ4n) is 2.82. The van der Waals surface area contributed by atoms with Crippen molar-refractivity contribution in [3.05, 3.63) is 82.0 Å². The predicted molar refractivity (Wildman–Crippen MR) is 127 cm³/mol. The number of benzene rings is 1. The van der Waals surface area contributed by atoms with E-state index in [1.165, 1.54) is 18.6 Å². The number of aldehydes is 1. The first kappa shape index (κ1) is 27.4. The second-order valence-corrected chi connectivity index (χ2v) is 8.01. The van der Waals surface area contributed by atoms with Crippen molar-refractivity contribution in [1.29, 1.82) is 0 Å². The molecule has 1 unspecified atom stereocenters. The maximum Gasteiger partial charge on any atom is 0.290 e. The number of allylic oxidation sites excluding steroid dienone is 6. The number of hydrogen-bond acceptors (Lipinski definition) is 4. The number of nitrogens with one attached hydrogen (secondary N) is 1. The third-order valence-electron chi connectivity index (χ3n) is 5.05. The molecule has 3 rings (SSSR count). The van der Waals surface area contributed by atoms with Crippen LogP contribution in [0.25, 0.3) is 0 Å². The third-order valence-corrected chi connectivity index (χ3v) is 5.44. The zero-order valence-electron chi connectivity index (χ0n) is 18.4. The van der Waals surface area contributed by atoms with Gasteiger partial charge in [-0.15, -0.1) is 12.6 Å². The Bertz CT molecular complexity index is 874. The summed E-state index contributed by atoms with van der Waals surface area (Å²) in [6, 6.07) is 3.60. The van der Waals surface area contributed by atoms with Gasteiger partial charge in [0.2, 0.25) is 0 Å². The van der Waals surface area contributed by atoms with Gasteiger partial charge in [-0.25, -0.2) is 8.78 Å². The Morgan fingerprint density at radius 2 is 1.97 bits per heavy atom. The van der Waals surface area contributed by atoms with Gasteiger partial charge >= 0.3 is 0 Å². The number of hydrogen-bond donors (Lipinski definition) is 3. The number of carboxylic acid groups (broad SMARTS) is 1. The van der Waals surface area contributed by atoms with E-state index in [1.807, 2.05) is 19.1 Å². The lowest BCUT2D eigenvalue weighted by Gasteiger charge is -2.17. The van der Waals surface area contributed by atoms with Crippen LogP contribution in [-0.4, -0.2) is 17.9 Å². The fourth-order valence-corrected chi connectivity index (χ4v) is 3.13. The highest BCUT2D eigenvalue weighted by Crippen LogP contribution is 2.24. The molecule has 4 nitrogen and oxygen atoms in total. The molecular formula is C25H31F2NO3S. The summed E-state index contributed by atoms with van der Waals surface area (Å²) in [6.45, 7) is 4.10. The molecule has 1 atom stereocenters. The van der Waals surface area contributed by atoms with Crippen molar-refractivity contribution in [2.75, 3.05) is 0 Å². The predicted octanol–water partition coefficient (Wildman–Crippen LogP) is 5.98. The van der Waals surface area contributed by atoms with Gasteiger partial charge in [-0.1, -0.05) is 43.7 Å². The smallest absolute Gasteiger partial charge is 0.290 e. The molecule has 2 aliphatic rings. The number of halogens is 2. The van der Waals surface area contributed by atoms with Gasteiger partial charge in [0.1, 0.15) is 17.9 Å².